The van der Waals surface area contributed by atoms with Crippen molar-refractivity contribution in [3.8, 4) is 5.75 Å². The van der Waals surface area contributed by atoms with E-state index in [0.717, 1.165) is 41.7 Å². The van der Waals surface area contributed by atoms with Crippen LogP contribution < -0.4 is 4.74 Å². The minimum absolute atomic E-state index is 0.307. The molecule has 4 nitrogen and oxygen atoms in total. The number of nitrogens with zero attached hydrogens (tertiary/aromatic N) is 3. The first kappa shape index (κ1) is 19.3. The summed E-state index contributed by atoms with van der Waals surface area (Å²) in [5, 5.41) is 0.724. The molecule has 0 bridgehead atoms. The molecule has 1 fully saturated rings. The van der Waals surface area contributed by atoms with Gasteiger partial charge in [0.2, 0.25) is 0 Å². The van der Waals surface area contributed by atoms with Gasteiger partial charge in [0.15, 0.2) is 0 Å². The number of hydrogen-bond donors (Lipinski definition) is 0. The number of hydrogen-bond acceptors (Lipinski definition) is 3. The molecule has 1 aromatic heterocycles. The molecule has 0 N–H and O–H groups in total. The van der Waals surface area contributed by atoms with Crippen LogP contribution in [0, 0.1) is 0 Å². The molecule has 4 rings (SSSR count). The van der Waals surface area contributed by atoms with E-state index in [1.807, 2.05) is 24.3 Å². The van der Waals surface area contributed by atoms with Crippen molar-refractivity contribution < 1.29 is 4.74 Å². The van der Waals surface area contributed by atoms with Crippen LogP contribution in [0.4, 0.5) is 0 Å². The lowest BCUT2D eigenvalue weighted by Gasteiger charge is -2.27. The fraction of sp³-hybridized carbons (Fsp3) is 0.435. The van der Waals surface area contributed by atoms with E-state index < -0.39 is 0 Å². The van der Waals surface area contributed by atoms with Gasteiger partial charge in [0.05, 0.1) is 23.6 Å². The number of aromatic nitrogens is 2. The van der Waals surface area contributed by atoms with Gasteiger partial charge in [-0.25, -0.2) is 4.98 Å². The lowest BCUT2D eigenvalue weighted by Crippen LogP contribution is -2.30. The van der Waals surface area contributed by atoms with Gasteiger partial charge in [0.25, 0.3) is 0 Å². The van der Waals surface area contributed by atoms with E-state index >= 15 is 0 Å². The van der Waals surface area contributed by atoms with Crippen LogP contribution in [0.3, 0.4) is 0 Å². The van der Waals surface area contributed by atoms with Crippen LogP contribution in [0.15, 0.2) is 48.5 Å². The average Bonchev–Trinajstić information content (AvgIpc) is 2.89. The smallest absolute Gasteiger partial charge is 0.127 e. The van der Waals surface area contributed by atoms with Gasteiger partial charge in [-0.3, -0.25) is 4.90 Å². The summed E-state index contributed by atoms with van der Waals surface area (Å²) in [5.74, 6) is 1.98. The van der Waals surface area contributed by atoms with Gasteiger partial charge in [0, 0.05) is 5.02 Å². The number of ether oxygens (including phenoxy) is 1. The van der Waals surface area contributed by atoms with Crippen molar-refractivity contribution >= 4 is 22.6 Å². The predicted molar refractivity (Wildman–Crippen MR) is 115 cm³/mol. The highest BCUT2D eigenvalue weighted by Crippen LogP contribution is 2.27. The summed E-state index contributed by atoms with van der Waals surface area (Å²) < 4.78 is 8.30. The van der Waals surface area contributed by atoms with E-state index in [-0.39, 0.29) is 0 Å². The van der Waals surface area contributed by atoms with Crippen molar-refractivity contribution in [1.82, 2.24) is 14.5 Å². The van der Waals surface area contributed by atoms with Crippen molar-refractivity contribution in [2.24, 2.45) is 0 Å². The summed E-state index contributed by atoms with van der Waals surface area (Å²) in [7, 11) is 0. The number of halogens is 1. The molecule has 1 saturated heterocycles. The Balaban J connectivity index is 1.55. The van der Waals surface area contributed by atoms with Crippen LogP contribution in [0.1, 0.15) is 44.5 Å². The molecule has 0 saturated carbocycles. The Hall–Kier alpha value is -2.04. The van der Waals surface area contributed by atoms with Crippen molar-refractivity contribution in [1.29, 1.82) is 0 Å². The Labute approximate surface area is 172 Å². The molecule has 3 aromatic rings. The van der Waals surface area contributed by atoms with Crippen molar-refractivity contribution in [2.75, 3.05) is 19.7 Å². The maximum absolute atomic E-state index is 5.96. The Morgan fingerprint density at radius 3 is 2.46 bits per heavy atom. The van der Waals surface area contributed by atoms with E-state index in [9.17, 15) is 0 Å². The van der Waals surface area contributed by atoms with Gasteiger partial charge in [-0.1, -0.05) is 36.6 Å². The Kier molecular flexibility index (Phi) is 6.18. The number of rotatable bonds is 6. The maximum Gasteiger partial charge on any atom is 0.127 e. The van der Waals surface area contributed by atoms with Crippen LogP contribution in [0.5, 0.6) is 5.75 Å². The minimum Gasteiger partial charge on any atom is -0.492 e. The molecule has 0 spiro atoms. The minimum atomic E-state index is 0.307. The molecule has 0 aliphatic carbocycles. The molecule has 5 heteroatoms. The molecular weight excluding hydrogens is 370 g/mol. The molecule has 2 aromatic carbocycles. The molecule has 148 valence electrons. The summed E-state index contributed by atoms with van der Waals surface area (Å²) in [6, 6.07) is 16.2. The van der Waals surface area contributed by atoms with E-state index in [0.29, 0.717) is 12.6 Å². The highest BCUT2D eigenvalue weighted by molar-refractivity contribution is 6.30. The molecule has 0 amide bonds. The summed E-state index contributed by atoms with van der Waals surface area (Å²) in [4.78, 5) is 7.59. The topological polar surface area (TPSA) is 30.3 Å². The van der Waals surface area contributed by atoms with E-state index in [4.69, 9.17) is 21.3 Å². The highest BCUT2D eigenvalue weighted by Gasteiger charge is 2.23. The second kappa shape index (κ2) is 8.97. The van der Waals surface area contributed by atoms with Crippen LogP contribution in [-0.4, -0.2) is 34.1 Å². The van der Waals surface area contributed by atoms with Gasteiger partial charge < -0.3 is 9.30 Å². The zero-order valence-corrected chi connectivity index (χ0v) is 17.2. The lowest BCUT2D eigenvalue weighted by molar-refractivity contribution is 0.204. The molecule has 2 heterocycles. The standard InChI is InChI=1S/C23H28ClN3O/c1-18(26-14-6-2-3-7-15-26)23-25-21-8-4-5-9-22(21)27(23)16-17-28-20-12-10-19(24)11-13-20/h4-5,8-13,18H,2-3,6-7,14-17H2,1H3. The summed E-state index contributed by atoms with van der Waals surface area (Å²) >= 11 is 5.96. The zero-order valence-electron chi connectivity index (χ0n) is 16.5. The second-order valence-electron chi connectivity index (χ2n) is 7.54. The fourth-order valence-corrected chi connectivity index (χ4v) is 4.21. The third kappa shape index (κ3) is 4.34. The van der Waals surface area contributed by atoms with E-state index in [2.05, 4.69) is 40.7 Å². The molecule has 1 aliphatic rings. The Morgan fingerprint density at radius 2 is 1.71 bits per heavy atom. The van der Waals surface area contributed by atoms with Crippen LogP contribution in [0.25, 0.3) is 11.0 Å². The first-order valence-electron chi connectivity index (χ1n) is 10.3. The molecular formula is C23H28ClN3O. The summed E-state index contributed by atoms with van der Waals surface area (Å²) in [5.41, 5.74) is 2.24. The SMILES string of the molecule is CC(c1nc2ccccc2n1CCOc1ccc(Cl)cc1)N1CCCCCC1. The lowest BCUT2D eigenvalue weighted by atomic mass is 10.2. The second-order valence-corrected chi connectivity index (χ2v) is 7.98. The molecule has 1 unspecified atom stereocenters. The third-order valence-electron chi connectivity index (χ3n) is 5.64. The van der Waals surface area contributed by atoms with Gasteiger partial charge >= 0.3 is 0 Å². The fourth-order valence-electron chi connectivity index (χ4n) is 4.08. The van der Waals surface area contributed by atoms with Crippen molar-refractivity contribution in [3.63, 3.8) is 0 Å². The van der Waals surface area contributed by atoms with E-state index in [1.165, 1.54) is 31.2 Å². The average molecular weight is 398 g/mol. The normalized spacial score (nSPS) is 16.8. The van der Waals surface area contributed by atoms with Gasteiger partial charge in [0.1, 0.15) is 18.2 Å². The van der Waals surface area contributed by atoms with Gasteiger partial charge in [-0.05, 0) is 69.3 Å². The number of fused-ring (bicyclic) bond motifs is 1. The van der Waals surface area contributed by atoms with Crippen molar-refractivity contribution in [2.45, 2.75) is 45.2 Å². The molecule has 1 aliphatic heterocycles. The number of para-hydroxylation sites is 2. The predicted octanol–water partition coefficient (Wildman–Crippen LogP) is 5.71. The van der Waals surface area contributed by atoms with E-state index in [1.54, 1.807) is 0 Å². The van der Waals surface area contributed by atoms with Crippen LogP contribution in [0.2, 0.25) is 5.02 Å². The summed E-state index contributed by atoms with van der Waals surface area (Å²) in [6.07, 6.45) is 5.25. The molecule has 28 heavy (non-hydrogen) atoms. The Morgan fingerprint density at radius 1 is 1.00 bits per heavy atom. The number of likely N-dealkylation sites (tertiary alicyclic amines) is 1. The van der Waals surface area contributed by atoms with Gasteiger partial charge in [-0.2, -0.15) is 0 Å². The maximum atomic E-state index is 5.96. The molecule has 1 atom stereocenters. The monoisotopic (exact) mass is 397 g/mol. The summed E-state index contributed by atoms with van der Waals surface area (Å²) in [6.45, 7) is 5.98. The first-order valence-corrected chi connectivity index (χ1v) is 10.7. The molecule has 0 radical (unpaired) electrons. The largest absolute Gasteiger partial charge is 0.492 e. The Bertz CT molecular complexity index is 898. The van der Waals surface area contributed by atoms with Crippen LogP contribution in [-0.2, 0) is 6.54 Å². The number of benzene rings is 2. The van der Waals surface area contributed by atoms with Crippen LogP contribution >= 0.6 is 11.6 Å². The number of imidazole rings is 1. The van der Waals surface area contributed by atoms with Crippen molar-refractivity contribution in [3.05, 3.63) is 59.4 Å². The third-order valence-corrected chi connectivity index (χ3v) is 5.90. The quantitative estimate of drug-likeness (QED) is 0.534. The first-order chi connectivity index (χ1) is 13.7. The zero-order chi connectivity index (χ0) is 19.3. The highest BCUT2D eigenvalue weighted by atomic mass is 35.5. The van der Waals surface area contributed by atoms with Gasteiger partial charge in [-0.15, -0.1) is 0 Å².